The maximum absolute atomic E-state index is 12.9. The first-order valence-corrected chi connectivity index (χ1v) is 39.1. The molecular formula is C88H111N5O23. The van der Waals surface area contributed by atoms with Crippen LogP contribution in [0.3, 0.4) is 0 Å². The van der Waals surface area contributed by atoms with E-state index in [0.29, 0.717) is 65.0 Å². The van der Waals surface area contributed by atoms with Gasteiger partial charge in [-0.2, -0.15) is 0 Å². The molecule has 0 spiro atoms. The molecule has 0 unspecified atom stereocenters. The average molecular weight is 1610 g/mol. The van der Waals surface area contributed by atoms with Crippen LogP contribution in [-0.2, 0) is 95.3 Å². The molecule has 28 heteroatoms. The topological polar surface area (TPSA) is 370 Å². The van der Waals surface area contributed by atoms with Crippen molar-refractivity contribution in [3.63, 3.8) is 0 Å². The Bertz CT molecular complexity index is 4090. The third kappa shape index (κ3) is 31.8. The summed E-state index contributed by atoms with van der Waals surface area (Å²) in [5.41, 5.74) is 12.0. The minimum absolute atomic E-state index is 0.00513. The van der Waals surface area contributed by atoms with Crippen LogP contribution in [0.15, 0.2) is 146 Å². The molecule has 28 nitrogen and oxygen atoms in total. The number of nitrogens with one attached hydrogen (secondary N) is 5. The van der Waals surface area contributed by atoms with Crippen LogP contribution < -0.4 is 26.6 Å². The van der Waals surface area contributed by atoms with E-state index in [4.69, 9.17) is 57.2 Å². The number of rotatable bonds is 45. The van der Waals surface area contributed by atoms with Crippen LogP contribution in [0.25, 0.3) is 33.4 Å². The zero-order valence-corrected chi connectivity index (χ0v) is 67.6. The summed E-state index contributed by atoms with van der Waals surface area (Å²) in [6.45, 7) is 13.4. The van der Waals surface area contributed by atoms with E-state index in [0.717, 1.165) is 44.5 Å². The fourth-order valence-electron chi connectivity index (χ4n) is 13.1. The lowest BCUT2D eigenvalue weighted by molar-refractivity contribution is -0.158. The lowest BCUT2D eigenvalue weighted by atomic mass is 9.98. The van der Waals surface area contributed by atoms with Gasteiger partial charge >= 0.3 is 36.1 Å². The standard InChI is InChI=1S/C36H49N3O10.C28H35NO7.C24H27NO6/c1-36(2,3)49-34(43)31(39-35(44)48-23-30-28-13-7-5-11-26(28)27-12-6-8-14-29(27)30)15-16-32(41)38-18-19-46-20-21-47-24-33(42)37-17-9-10-25(40)22-45-4;1-33-18-21(30)8-6-14-29-27(31)20-35-17-16-34-15-7-13-28(32)36-19-26-24-11-4-2-9-22(24)23-10-3-5-12-25(23)26;1-24(2,3)31-22(28)20(12-13-21(26)27)25-23(29)30-14-19-17-10-6-4-8-15(17)16-9-5-7-11-18(16)19/h5-8,11-14,30-31H,9-10,15-24H2,1-4H3,(H,37,42)(H,38,41)(H,39,44);2-5,9-12,26H,6-8,13-20H2,1H3,(H,29,31);4-11,19-20H,12-14H2,1-3H3,(H,25,29)(H,26,27)/t31-;;20-/m0.0/s1. The Hall–Kier alpha value is -10.8. The summed E-state index contributed by atoms with van der Waals surface area (Å²) in [5.74, 6) is -3.71. The zero-order valence-electron chi connectivity index (χ0n) is 67.6. The van der Waals surface area contributed by atoms with Crippen molar-refractivity contribution in [2.75, 3.05) is 120 Å². The molecule has 2 atom stereocenters. The number of ketones is 2. The lowest BCUT2D eigenvalue weighted by Crippen LogP contribution is -2.45. The van der Waals surface area contributed by atoms with Gasteiger partial charge in [-0.05, 0) is 140 Å². The Morgan fingerprint density at radius 3 is 1.04 bits per heavy atom. The van der Waals surface area contributed by atoms with Crippen molar-refractivity contribution in [2.45, 2.75) is 147 Å². The van der Waals surface area contributed by atoms with Crippen molar-refractivity contribution in [2.24, 2.45) is 0 Å². The number of carboxylic acids is 1. The maximum Gasteiger partial charge on any atom is 0.407 e. The summed E-state index contributed by atoms with van der Waals surface area (Å²) >= 11 is 0. The highest BCUT2D eigenvalue weighted by Crippen LogP contribution is 2.47. The molecule has 3 aliphatic rings. The van der Waals surface area contributed by atoms with Gasteiger partial charge in [0.2, 0.25) is 17.7 Å². The van der Waals surface area contributed by atoms with Crippen molar-refractivity contribution in [3.05, 3.63) is 179 Å². The van der Waals surface area contributed by atoms with Gasteiger partial charge in [-0.3, -0.25) is 33.6 Å². The van der Waals surface area contributed by atoms with Gasteiger partial charge in [0.15, 0.2) is 11.6 Å². The monoisotopic (exact) mass is 1610 g/mol. The third-order valence-corrected chi connectivity index (χ3v) is 18.3. The summed E-state index contributed by atoms with van der Waals surface area (Å²) < 4.78 is 58.4. The van der Waals surface area contributed by atoms with E-state index in [-0.39, 0.29) is 158 Å². The summed E-state index contributed by atoms with van der Waals surface area (Å²) in [6.07, 6.45) is 0.662. The van der Waals surface area contributed by atoms with Crippen LogP contribution >= 0.6 is 0 Å². The van der Waals surface area contributed by atoms with Gasteiger partial charge in [-0.15, -0.1) is 0 Å². The minimum atomic E-state index is -1.11. The summed E-state index contributed by atoms with van der Waals surface area (Å²) in [5, 5.41) is 22.1. The second-order valence-electron chi connectivity index (χ2n) is 29.6. The number of Topliss-reactive ketones (excluding diaryl/α,β-unsaturated/α-hetero) is 2. The van der Waals surface area contributed by atoms with Crippen LogP contribution in [0.5, 0.6) is 0 Å². The van der Waals surface area contributed by atoms with Gasteiger partial charge in [0.25, 0.3) is 0 Å². The van der Waals surface area contributed by atoms with E-state index in [1.807, 2.05) is 121 Å². The summed E-state index contributed by atoms with van der Waals surface area (Å²) in [4.78, 5) is 133. The number of ether oxygens (including phenoxy) is 11. The van der Waals surface area contributed by atoms with Crippen LogP contribution in [-0.4, -0.2) is 213 Å². The first-order chi connectivity index (χ1) is 55.7. The van der Waals surface area contributed by atoms with Crippen LogP contribution in [0, 0.1) is 0 Å². The molecule has 0 heterocycles. The van der Waals surface area contributed by atoms with Crippen LogP contribution in [0.2, 0.25) is 0 Å². The number of esters is 3. The predicted octanol–water partition coefficient (Wildman–Crippen LogP) is 10.6. The highest BCUT2D eigenvalue weighted by atomic mass is 16.6. The normalized spacial score (nSPS) is 12.8. The average Bonchev–Trinajstić information content (AvgIpc) is 1.63. The number of amides is 5. The molecule has 3 aliphatic carbocycles. The first-order valence-electron chi connectivity index (χ1n) is 39.1. The lowest BCUT2D eigenvalue weighted by Gasteiger charge is -2.24. The number of aliphatic carboxylic acids is 1. The smallest absolute Gasteiger partial charge is 0.407 e. The van der Waals surface area contributed by atoms with Crippen molar-refractivity contribution in [3.8, 4) is 33.4 Å². The Morgan fingerprint density at radius 2 is 0.690 bits per heavy atom. The van der Waals surface area contributed by atoms with Crippen LogP contribution in [0.1, 0.15) is 157 Å². The molecule has 0 radical (unpaired) electrons. The van der Waals surface area contributed by atoms with Crippen molar-refractivity contribution >= 4 is 65.4 Å². The maximum atomic E-state index is 12.9. The number of alkyl carbamates (subject to hydrolysis) is 2. The molecule has 5 amide bonds. The molecule has 0 bridgehead atoms. The Balaban J connectivity index is 0.000000248. The van der Waals surface area contributed by atoms with Crippen molar-refractivity contribution in [1.29, 1.82) is 0 Å². The number of carbonyl (C=O) groups is 11. The van der Waals surface area contributed by atoms with E-state index in [1.165, 1.54) is 36.5 Å². The molecule has 6 aromatic rings. The van der Waals surface area contributed by atoms with Gasteiger partial charge in [0.05, 0.1) is 33.0 Å². The number of carbonyl (C=O) groups excluding carboxylic acids is 10. The minimum Gasteiger partial charge on any atom is -0.481 e. The number of hydrogen-bond acceptors (Lipinski definition) is 22. The number of fused-ring (bicyclic) bond motifs is 9. The number of benzene rings is 6. The summed E-state index contributed by atoms with van der Waals surface area (Å²) in [6, 6.07) is 46.2. The quantitative estimate of drug-likeness (QED) is 0.0117. The third-order valence-electron chi connectivity index (χ3n) is 18.3. The molecule has 0 saturated carbocycles. The Kier molecular flexibility index (Phi) is 38.7. The highest BCUT2D eigenvalue weighted by molar-refractivity contribution is 5.86. The van der Waals surface area contributed by atoms with E-state index < -0.39 is 53.4 Å². The Morgan fingerprint density at radius 1 is 0.362 bits per heavy atom. The molecule has 0 fully saturated rings. The zero-order chi connectivity index (χ0) is 83.8. The molecule has 0 aromatic heterocycles. The van der Waals surface area contributed by atoms with E-state index in [9.17, 15) is 52.7 Å². The largest absolute Gasteiger partial charge is 0.481 e. The van der Waals surface area contributed by atoms with E-state index in [2.05, 4.69) is 50.8 Å². The molecule has 0 saturated heterocycles. The summed E-state index contributed by atoms with van der Waals surface area (Å²) in [7, 11) is 2.94. The second kappa shape index (κ2) is 48.6. The fourth-order valence-corrected chi connectivity index (χ4v) is 13.1. The molecule has 6 aromatic carbocycles. The molecule has 9 rings (SSSR count). The van der Waals surface area contributed by atoms with Gasteiger partial charge in [0, 0.05) is 90.3 Å². The van der Waals surface area contributed by atoms with E-state index >= 15 is 0 Å². The van der Waals surface area contributed by atoms with Crippen molar-refractivity contribution in [1.82, 2.24) is 26.6 Å². The van der Waals surface area contributed by atoms with Gasteiger partial charge in [-0.25, -0.2) is 19.2 Å². The molecule has 0 aliphatic heterocycles. The van der Waals surface area contributed by atoms with Crippen molar-refractivity contribution < 1.29 is 110 Å². The van der Waals surface area contributed by atoms with Gasteiger partial charge < -0.3 is 83.8 Å². The van der Waals surface area contributed by atoms with Gasteiger partial charge in [-0.1, -0.05) is 146 Å². The molecule has 626 valence electrons. The van der Waals surface area contributed by atoms with Crippen LogP contribution in [0.4, 0.5) is 9.59 Å². The Labute approximate surface area is 677 Å². The number of hydrogen-bond donors (Lipinski definition) is 6. The predicted molar refractivity (Wildman–Crippen MR) is 430 cm³/mol. The van der Waals surface area contributed by atoms with E-state index in [1.54, 1.807) is 41.5 Å². The highest BCUT2D eigenvalue weighted by Gasteiger charge is 2.35. The number of carboxylic acid groups (broad SMARTS) is 1. The molecule has 6 N–H and O–H groups in total. The van der Waals surface area contributed by atoms with Gasteiger partial charge in [0.1, 0.15) is 69.5 Å². The SMILES string of the molecule is CC(C)(C)OC(=O)[C@H](CCC(=O)O)NC(=O)OCC1c2ccccc2-c2ccccc21.COCC(=O)CCCNC(=O)COCCOCCCC(=O)OCC1c2ccccc2-c2ccccc21.COCC(=O)CCCNC(=O)COCCOCCNC(=O)CC[C@H](NC(=O)OCC1c2ccccc2-c2ccccc21)C(=O)OC(C)(C)C. The fraction of sp³-hybridized carbons (Fsp3) is 0.466. The first kappa shape index (κ1) is 92.4. The molecular weight excluding hydrogens is 1490 g/mol. The number of methoxy groups -OCH3 is 2. The molecule has 116 heavy (non-hydrogen) atoms. The second-order valence-corrected chi connectivity index (χ2v) is 29.6.